The van der Waals surface area contributed by atoms with Crippen molar-refractivity contribution in [2.75, 3.05) is 26.2 Å². The fourth-order valence-corrected chi connectivity index (χ4v) is 2.75. The molecule has 160 valence electrons. The summed E-state index contributed by atoms with van der Waals surface area (Å²) < 4.78 is 16.1. The van der Waals surface area contributed by atoms with E-state index in [9.17, 15) is 0 Å². The van der Waals surface area contributed by atoms with Crippen LogP contribution in [0.25, 0.3) is 11.4 Å². The summed E-state index contributed by atoms with van der Waals surface area (Å²) in [6.45, 7) is 5.20. The van der Waals surface area contributed by atoms with Gasteiger partial charge in [0, 0.05) is 43.2 Å². The average Bonchev–Trinajstić information content (AvgIpc) is 3.43. The van der Waals surface area contributed by atoms with Gasteiger partial charge in [-0.15, -0.1) is 0 Å². The smallest absolute Gasteiger partial charge is 0.228 e. The van der Waals surface area contributed by atoms with Gasteiger partial charge in [0.2, 0.25) is 11.7 Å². The molecule has 2 heterocycles. The Morgan fingerprint density at radius 2 is 2.07 bits per heavy atom. The van der Waals surface area contributed by atoms with E-state index in [4.69, 9.17) is 25.3 Å². The first kappa shape index (κ1) is 21.9. The number of rotatable bonds is 11. The van der Waals surface area contributed by atoms with E-state index in [1.165, 1.54) is 0 Å². The average molecular weight is 432 g/mol. The molecule has 0 radical (unpaired) electrons. The molecule has 0 fully saturated rings. The summed E-state index contributed by atoms with van der Waals surface area (Å²) in [5, 5.41) is 11.2. The molecule has 0 aliphatic heterocycles. The van der Waals surface area contributed by atoms with Crippen LogP contribution in [-0.4, -0.2) is 42.3 Å². The van der Waals surface area contributed by atoms with E-state index in [0.29, 0.717) is 49.5 Å². The first-order valence-corrected chi connectivity index (χ1v) is 10.3. The molecule has 3 rings (SSSR count). The minimum atomic E-state index is 0.483. The molecule has 0 amide bonds. The van der Waals surface area contributed by atoms with Gasteiger partial charge in [-0.25, -0.2) is 0 Å². The molecule has 1 aromatic carbocycles. The number of benzene rings is 1. The van der Waals surface area contributed by atoms with Crippen LogP contribution in [0.1, 0.15) is 25.0 Å². The molecule has 9 heteroatoms. The first-order valence-electron chi connectivity index (χ1n) is 9.95. The van der Waals surface area contributed by atoms with Crippen molar-refractivity contribution >= 4 is 17.6 Å². The fourth-order valence-electron chi connectivity index (χ4n) is 2.63. The fraction of sp³-hybridized carbons (Fsp3) is 0.381. The molecule has 0 bridgehead atoms. The molecule has 3 aromatic rings. The van der Waals surface area contributed by atoms with Gasteiger partial charge in [0.15, 0.2) is 5.96 Å². The predicted octanol–water partition coefficient (Wildman–Crippen LogP) is 3.69. The van der Waals surface area contributed by atoms with Crippen LogP contribution in [-0.2, 0) is 17.8 Å². The Bertz CT molecular complexity index is 894. The standard InChI is InChI=1S/C21H26ClN5O3/c1-2-23-21(24-11-4-13-28-15-18-5-3-14-29-18)25-12-10-19-26-20(27-30-19)16-6-8-17(22)9-7-16/h3,5-9,14H,2,4,10-13,15H2,1H3,(H2,23,24,25). The lowest BCUT2D eigenvalue weighted by Crippen LogP contribution is -2.38. The van der Waals surface area contributed by atoms with Gasteiger partial charge < -0.3 is 24.3 Å². The van der Waals surface area contributed by atoms with E-state index in [2.05, 4.69) is 25.8 Å². The Hall–Kier alpha value is -2.84. The van der Waals surface area contributed by atoms with Crippen LogP contribution in [0.5, 0.6) is 0 Å². The molecule has 0 aliphatic rings. The summed E-state index contributed by atoms with van der Waals surface area (Å²) in [5.74, 6) is 2.70. The molecule has 0 spiro atoms. The topological polar surface area (TPSA) is 97.7 Å². The molecule has 0 unspecified atom stereocenters. The van der Waals surface area contributed by atoms with Crippen molar-refractivity contribution in [2.45, 2.75) is 26.4 Å². The Labute approximate surface area is 180 Å². The highest BCUT2D eigenvalue weighted by atomic mass is 35.5. The number of ether oxygens (including phenoxy) is 1. The normalized spacial score (nSPS) is 11.6. The molecule has 0 atom stereocenters. The second-order valence-corrected chi connectivity index (χ2v) is 6.88. The Kier molecular flexibility index (Phi) is 8.74. The number of halogens is 1. The SMILES string of the molecule is CCNC(=NCCCOCc1ccco1)NCCc1nc(-c2ccc(Cl)cc2)no1. The maximum absolute atomic E-state index is 5.91. The van der Waals surface area contributed by atoms with Crippen LogP contribution in [0.4, 0.5) is 0 Å². The van der Waals surface area contributed by atoms with Gasteiger partial charge in [0.1, 0.15) is 12.4 Å². The zero-order valence-corrected chi connectivity index (χ0v) is 17.7. The number of nitrogens with one attached hydrogen (secondary N) is 2. The maximum Gasteiger partial charge on any atom is 0.228 e. The van der Waals surface area contributed by atoms with Gasteiger partial charge in [-0.1, -0.05) is 16.8 Å². The predicted molar refractivity (Wildman–Crippen MR) is 115 cm³/mol. The van der Waals surface area contributed by atoms with Crippen molar-refractivity contribution < 1.29 is 13.7 Å². The Balaban J connectivity index is 1.37. The number of furan rings is 1. The first-order chi connectivity index (χ1) is 14.7. The van der Waals surface area contributed by atoms with E-state index in [0.717, 1.165) is 30.2 Å². The number of nitrogens with zero attached hydrogens (tertiary/aromatic N) is 3. The van der Waals surface area contributed by atoms with Crippen LogP contribution in [0.2, 0.25) is 5.02 Å². The second kappa shape index (κ2) is 12.0. The summed E-state index contributed by atoms with van der Waals surface area (Å²) in [7, 11) is 0. The lowest BCUT2D eigenvalue weighted by Gasteiger charge is -2.10. The highest BCUT2D eigenvalue weighted by molar-refractivity contribution is 6.30. The van der Waals surface area contributed by atoms with Crippen LogP contribution < -0.4 is 10.6 Å². The highest BCUT2D eigenvalue weighted by Crippen LogP contribution is 2.18. The third-order valence-electron chi connectivity index (χ3n) is 4.09. The third kappa shape index (κ3) is 7.20. The van der Waals surface area contributed by atoms with Crippen molar-refractivity contribution in [1.82, 2.24) is 20.8 Å². The summed E-state index contributed by atoms with van der Waals surface area (Å²) in [4.78, 5) is 8.98. The largest absolute Gasteiger partial charge is 0.467 e. The molecule has 30 heavy (non-hydrogen) atoms. The molecule has 8 nitrogen and oxygen atoms in total. The third-order valence-corrected chi connectivity index (χ3v) is 4.34. The van der Waals surface area contributed by atoms with Crippen molar-refractivity contribution in [2.24, 2.45) is 4.99 Å². The lowest BCUT2D eigenvalue weighted by molar-refractivity contribution is 0.105. The monoisotopic (exact) mass is 431 g/mol. The number of hydrogen-bond donors (Lipinski definition) is 2. The Morgan fingerprint density at radius 1 is 1.20 bits per heavy atom. The zero-order valence-electron chi connectivity index (χ0n) is 16.9. The highest BCUT2D eigenvalue weighted by Gasteiger charge is 2.08. The molecule has 0 saturated heterocycles. The quantitative estimate of drug-likeness (QED) is 0.271. The van der Waals surface area contributed by atoms with E-state index in [1.807, 2.05) is 31.2 Å². The van der Waals surface area contributed by atoms with Crippen molar-refractivity contribution in [3.8, 4) is 11.4 Å². The molecular weight excluding hydrogens is 406 g/mol. The lowest BCUT2D eigenvalue weighted by atomic mass is 10.2. The summed E-state index contributed by atoms with van der Waals surface area (Å²) in [6.07, 6.45) is 3.06. The molecule has 2 aromatic heterocycles. The van der Waals surface area contributed by atoms with Crippen LogP contribution in [0.15, 0.2) is 56.6 Å². The van der Waals surface area contributed by atoms with Crippen molar-refractivity contribution in [3.05, 3.63) is 59.3 Å². The van der Waals surface area contributed by atoms with Crippen LogP contribution in [0.3, 0.4) is 0 Å². The van der Waals surface area contributed by atoms with Gasteiger partial charge in [0.25, 0.3) is 0 Å². The van der Waals surface area contributed by atoms with Gasteiger partial charge in [-0.2, -0.15) is 4.98 Å². The van der Waals surface area contributed by atoms with Gasteiger partial charge >= 0.3 is 0 Å². The minimum absolute atomic E-state index is 0.483. The molecule has 2 N–H and O–H groups in total. The van der Waals surface area contributed by atoms with Crippen molar-refractivity contribution in [1.29, 1.82) is 0 Å². The number of aromatic nitrogens is 2. The van der Waals surface area contributed by atoms with Crippen LogP contribution in [0, 0.1) is 0 Å². The van der Waals surface area contributed by atoms with Gasteiger partial charge in [-0.05, 0) is 49.7 Å². The molecule has 0 aliphatic carbocycles. The summed E-state index contributed by atoms with van der Waals surface area (Å²) in [5.41, 5.74) is 0.867. The summed E-state index contributed by atoms with van der Waals surface area (Å²) in [6, 6.07) is 11.1. The van der Waals surface area contributed by atoms with Crippen LogP contribution >= 0.6 is 11.6 Å². The molecule has 0 saturated carbocycles. The van der Waals surface area contributed by atoms with E-state index in [1.54, 1.807) is 18.4 Å². The van der Waals surface area contributed by atoms with Crippen molar-refractivity contribution in [3.63, 3.8) is 0 Å². The second-order valence-electron chi connectivity index (χ2n) is 6.44. The number of guanidine groups is 1. The Morgan fingerprint density at radius 3 is 2.83 bits per heavy atom. The number of aliphatic imine (C=N–C) groups is 1. The van der Waals surface area contributed by atoms with E-state index in [-0.39, 0.29) is 0 Å². The molecular formula is C21H26ClN5O3. The summed E-state index contributed by atoms with van der Waals surface area (Å²) >= 11 is 5.91. The van der Waals surface area contributed by atoms with Gasteiger partial charge in [-0.3, -0.25) is 4.99 Å². The maximum atomic E-state index is 5.91. The van der Waals surface area contributed by atoms with E-state index >= 15 is 0 Å². The van der Waals surface area contributed by atoms with E-state index < -0.39 is 0 Å². The van der Waals surface area contributed by atoms with Gasteiger partial charge in [0.05, 0.1) is 6.26 Å². The minimum Gasteiger partial charge on any atom is -0.467 e. The number of hydrogen-bond acceptors (Lipinski definition) is 6. The zero-order chi connectivity index (χ0) is 21.0.